The molecule has 1 fully saturated rings. The van der Waals surface area contributed by atoms with Crippen LogP contribution in [0.4, 0.5) is 5.82 Å². The normalized spacial score (nSPS) is 16.1. The maximum absolute atomic E-state index is 12.6. The van der Waals surface area contributed by atoms with Crippen LogP contribution in [0.1, 0.15) is 42.5 Å². The average molecular weight is 298 g/mol. The van der Waals surface area contributed by atoms with Gasteiger partial charge in [0.05, 0.1) is 6.61 Å². The van der Waals surface area contributed by atoms with Gasteiger partial charge in [0.2, 0.25) is 0 Å². The summed E-state index contributed by atoms with van der Waals surface area (Å²) in [6, 6.07) is 3.24. The standard InChI is InChI=1S/C14H20ClN3O2/c15-12-8-10(9-13(16)17-12)14(20)18(6-7-19)11-4-2-1-3-5-11/h8-9,11,19H,1-7H2,(H2,16,17). The van der Waals surface area contributed by atoms with Gasteiger partial charge in [-0.3, -0.25) is 4.79 Å². The Bertz CT molecular complexity index is 455. The van der Waals surface area contributed by atoms with E-state index in [0.717, 1.165) is 25.7 Å². The predicted molar refractivity (Wildman–Crippen MR) is 78.7 cm³/mol. The molecular formula is C14H20ClN3O2. The smallest absolute Gasteiger partial charge is 0.254 e. The number of aliphatic hydroxyl groups excluding tert-OH is 1. The number of carbonyl (C=O) groups excluding carboxylic acids is 1. The van der Waals surface area contributed by atoms with E-state index in [4.69, 9.17) is 17.3 Å². The lowest BCUT2D eigenvalue weighted by atomic mass is 9.93. The van der Waals surface area contributed by atoms with E-state index in [1.807, 2.05) is 0 Å². The van der Waals surface area contributed by atoms with E-state index >= 15 is 0 Å². The van der Waals surface area contributed by atoms with Gasteiger partial charge >= 0.3 is 0 Å². The van der Waals surface area contributed by atoms with Crippen LogP contribution in [0.25, 0.3) is 0 Å². The van der Waals surface area contributed by atoms with Gasteiger partial charge in [0.25, 0.3) is 5.91 Å². The van der Waals surface area contributed by atoms with Crippen molar-refractivity contribution in [1.82, 2.24) is 9.88 Å². The highest BCUT2D eigenvalue weighted by molar-refractivity contribution is 6.29. The number of anilines is 1. The lowest BCUT2D eigenvalue weighted by Gasteiger charge is -2.34. The molecular weight excluding hydrogens is 278 g/mol. The van der Waals surface area contributed by atoms with Crippen LogP contribution in [0.15, 0.2) is 12.1 Å². The molecule has 1 saturated carbocycles. The number of nitrogens with zero attached hydrogens (tertiary/aromatic N) is 2. The largest absolute Gasteiger partial charge is 0.395 e. The van der Waals surface area contributed by atoms with Gasteiger partial charge < -0.3 is 15.7 Å². The first-order valence-electron chi connectivity index (χ1n) is 6.96. The van der Waals surface area contributed by atoms with Crippen molar-refractivity contribution < 1.29 is 9.90 Å². The number of nitrogens with two attached hydrogens (primary N) is 1. The molecule has 0 radical (unpaired) electrons. The van der Waals surface area contributed by atoms with E-state index in [9.17, 15) is 9.90 Å². The van der Waals surface area contributed by atoms with Crippen LogP contribution in [0.2, 0.25) is 5.15 Å². The van der Waals surface area contributed by atoms with Gasteiger partial charge in [0, 0.05) is 18.2 Å². The van der Waals surface area contributed by atoms with Gasteiger partial charge in [-0.25, -0.2) is 4.98 Å². The van der Waals surface area contributed by atoms with E-state index in [1.165, 1.54) is 18.6 Å². The van der Waals surface area contributed by atoms with E-state index < -0.39 is 0 Å². The molecule has 1 aliphatic rings. The molecule has 0 unspecified atom stereocenters. The van der Waals surface area contributed by atoms with Crippen molar-refractivity contribution in [2.75, 3.05) is 18.9 Å². The molecule has 1 heterocycles. The second-order valence-electron chi connectivity index (χ2n) is 5.12. The Labute approximate surface area is 123 Å². The maximum Gasteiger partial charge on any atom is 0.254 e. The van der Waals surface area contributed by atoms with Gasteiger partial charge in [0.1, 0.15) is 11.0 Å². The first-order chi connectivity index (χ1) is 9.61. The van der Waals surface area contributed by atoms with Gasteiger partial charge in [0.15, 0.2) is 0 Å². The number of halogens is 1. The number of rotatable bonds is 4. The Kier molecular flexibility index (Phi) is 5.20. The molecule has 6 heteroatoms. The molecule has 2 rings (SSSR count). The molecule has 0 atom stereocenters. The van der Waals surface area contributed by atoms with Crippen molar-refractivity contribution in [3.05, 3.63) is 22.8 Å². The molecule has 3 N–H and O–H groups in total. The Hall–Kier alpha value is -1.33. The van der Waals surface area contributed by atoms with E-state index in [2.05, 4.69) is 4.98 Å². The quantitative estimate of drug-likeness (QED) is 0.834. The fourth-order valence-corrected chi connectivity index (χ4v) is 2.97. The minimum atomic E-state index is -0.137. The fourth-order valence-electron chi connectivity index (χ4n) is 2.76. The van der Waals surface area contributed by atoms with Gasteiger partial charge in [-0.1, -0.05) is 30.9 Å². The number of amides is 1. The number of hydrogen-bond donors (Lipinski definition) is 2. The fraction of sp³-hybridized carbons (Fsp3) is 0.571. The summed E-state index contributed by atoms with van der Waals surface area (Å²) in [5, 5.41) is 9.42. The lowest BCUT2D eigenvalue weighted by Crippen LogP contribution is -2.43. The Morgan fingerprint density at radius 2 is 2.10 bits per heavy atom. The first-order valence-corrected chi connectivity index (χ1v) is 7.34. The summed E-state index contributed by atoms with van der Waals surface area (Å²) < 4.78 is 0. The van der Waals surface area contributed by atoms with Crippen molar-refractivity contribution in [2.45, 2.75) is 38.1 Å². The van der Waals surface area contributed by atoms with Crippen LogP contribution in [0.3, 0.4) is 0 Å². The van der Waals surface area contributed by atoms with Crippen molar-refractivity contribution in [2.24, 2.45) is 0 Å². The zero-order valence-corrected chi connectivity index (χ0v) is 12.1. The molecule has 1 amide bonds. The molecule has 20 heavy (non-hydrogen) atoms. The SMILES string of the molecule is Nc1cc(C(=O)N(CCO)C2CCCCC2)cc(Cl)n1. The summed E-state index contributed by atoms with van der Waals surface area (Å²) in [7, 11) is 0. The molecule has 5 nitrogen and oxygen atoms in total. The topological polar surface area (TPSA) is 79.5 Å². The predicted octanol–water partition coefficient (Wildman–Crippen LogP) is 2.08. The number of nitrogen functional groups attached to an aromatic ring is 1. The summed E-state index contributed by atoms with van der Waals surface area (Å²) in [4.78, 5) is 18.2. The molecule has 0 aliphatic heterocycles. The molecule has 110 valence electrons. The van der Waals surface area contributed by atoms with E-state index in [1.54, 1.807) is 4.90 Å². The lowest BCUT2D eigenvalue weighted by molar-refractivity contribution is 0.0585. The van der Waals surface area contributed by atoms with Crippen LogP contribution in [-0.2, 0) is 0 Å². The first kappa shape index (κ1) is 15.1. The van der Waals surface area contributed by atoms with E-state index in [-0.39, 0.29) is 29.5 Å². The van der Waals surface area contributed by atoms with Crippen molar-refractivity contribution in [3.8, 4) is 0 Å². The minimum absolute atomic E-state index is 0.0451. The Morgan fingerprint density at radius 3 is 2.70 bits per heavy atom. The summed E-state index contributed by atoms with van der Waals surface area (Å²) in [5.74, 6) is 0.0930. The van der Waals surface area contributed by atoms with Crippen molar-refractivity contribution >= 4 is 23.3 Å². The minimum Gasteiger partial charge on any atom is -0.395 e. The monoisotopic (exact) mass is 297 g/mol. The third-order valence-corrected chi connectivity index (χ3v) is 3.87. The third kappa shape index (κ3) is 3.61. The van der Waals surface area contributed by atoms with Crippen molar-refractivity contribution in [1.29, 1.82) is 0 Å². The summed E-state index contributed by atoms with van der Waals surface area (Å²) in [6.07, 6.45) is 5.43. The van der Waals surface area contributed by atoms with Gasteiger partial charge in [-0.15, -0.1) is 0 Å². The van der Waals surface area contributed by atoms with Crippen molar-refractivity contribution in [3.63, 3.8) is 0 Å². The maximum atomic E-state index is 12.6. The van der Waals surface area contributed by atoms with Crippen LogP contribution >= 0.6 is 11.6 Å². The van der Waals surface area contributed by atoms with Crippen LogP contribution in [-0.4, -0.2) is 40.1 Å². The second kappa shape index (κ2) is 6.90. The van der Waals surface area contributed by atoms with E-state index in [0.29, 0.717) is 12.1 Å². The number of aliphatic hydroxyl groups is 1. The Morgan fingerprint density at radius 1 is 1.40 bits per heavy atom. The Balaban J connectivity index is 2.20. The highest BCUT2D eigenvalue weighted by atomic mass is 35.5. The molecule has 1 aromatic rings. The molecule has 0 aromatic carbocycles. The molecule has 0 bridgehead atoms. The van der Waals surface area contributed by atoms with Crippen LogP contribution in [0.5, 0.6) is 0 Å². The second-order valence-corrected chi connectivity index (χ2v) is 5.50. The summed E-state index contributed by atoms with van der Waals surface area (Å²) in [6.45, 7) is 0.292. The molecule has 0 saturated heterocycles. The summed E-state index contributed by atoms with van der Waals surface area (Å²) in [5.41, 5.74) is 6.07. The van der Waals surface area contributed by atoms with Crippen LogP contribution < -0.4 is 5.73 Å². The molecule has 0 spiro atoms. The number of carbonyl (C=O) groups is 1. The average Bonchev–Trinajstić information content (AvgIpc) is 2.44. The number of aromatic nitrogens is 1. The zero-order valence-electron chi connectivity index (χ0n) is 11.4. The molecule has 1 aromatic heterocycles. The number of hydrogen-bond acceptors (Lipinski definition) is 4. The molecule has 1 aliphatic carbocycles. The highest BCUT2D eigenvalue weighted by Gasteiger charge is 2.26. The van der Waals surface area contributed by atoms with Gasteiger partial charge in [-0.05, 0) is 25.0 Å². The van der Waals surface area contributed by atoms with Gasteiger partial charge in [-0.2, -0.15) is 0 Å². The highest BCUT2D eigenvalue weighted by Crippen LogP contribution is 2.24. The summed E-state index contributed by atoms with van der Waals surface area (Å²) >= 11 is 5.85. The van der Waals surface area contributed by atoms with Crippen LogP contribution in [0, 0.1) is 0 Å². The zero-order chi connectivity index (χ0) is 14.5. The number of pyridine rings is 1. The third-order valence-electron chi connectivity index (χ3n) is 3.68.